The normalized spacial score (nSPS) is 16.2. The molecular formula is C17H17N5OS2. The van der Waals surface area contributed by atoms with E-state index in [0.29, 0.717) is 17.5 Å². The molecule has 0 fully saturated rings. The molecule has 1 atom stereocenters. The van der Waals surface area contributed by atoms with Crippen LogP contribution in [0.2, 0.25) is 0 Å². The molecule has 4 rings (SSSR count). The van der Waals surface area contributed by atoms with Gasteiger partial charge in [0.25, 0.3) is 0 Å². The zero-order chi connectivity index (χ0) is 17.2. The van der Waals surface area contributed by atoms with Crippen LogP contribution < -0.4 is 4.90 Å². The summed E-state index contributed by atoms with van der Waals surface area (Å²) in [6.45, 7) is 2.72. The minimum absolute atomic E-state index is 0.0909. The number of thioether (sulfide) groups is 1. The maximum Gasteiger partial charge on any atom is 0.237 e. The fourth-order valence-corrected chi connectivity index (χ4v) is 4.51. The summed E-state index contributed by atoms with van der Waals surface area (Å²) in [5.74, 6) is 0.414. The Morgan fingerprint density at radius 3 is 3.04 bits per heavy atom. The van der Waals surface area contributed by atoms with Crippen molar-refractivity contribution in [3.63, 3.8) is 0 Å². The van der Waals surface area contributed by atoms with E-state index in [-0.39, 0.29) is 11.9 Å². The second-order valence-corrected chi connectivity index (χ2v) is 7.91. The van der Waals surface area contributed by atoms with Crippen LogP contribution in [-0.4, -0.2) is 37.9 Å². The molecule has 3 heterocycles. The predicted octanol–water partition coefficient (Wildman–Crippen LogP) is 2.85. The van der Waals surface area contributed by atoms with Crippen molar-refractivity contribution in [2.75, 3.05) is 10.7 Å². The summed E-state index contributed by atoms with van der Waals surface area (Å²) in [7, 11) is 0. The highest BCUT2D eigenvalue weighted by molar-refractivity contribution is 7.99. The number of para-hydroxylation sites is 1. The van der Waals surface area contributed by atoms with Gasteiger partial charge in [0.2, 0.25) is 11.1 Å². The summed E-state index contributed by atoms with van der Waals surface area (Å²) in [5.41, 5.74) is 2.26. The largest absolute Gasteiger partial charge is 0.308 e. The Morgan fingerprint density at radius 1 is 1.32 bits per heavy atom. The lowest BCUT2D eigenvalue weighted by atomic mass is 10.1. The zero-order valence-corrected chi connectivity index (χ0v) is 15.3. The Bertz CT molecular complexity index is 877. The standard InChI is InChI=1S/C17H17N5OS2/c1-12-9-13-5-2-3-7-15(13)22(12)16(23)11-25-17-18-19-20-21(17)10-14-6-4-8-24-14/h2-8,12H,9-11H2,1H3/t12-/m1/s1. The summed E-state index contributed by atoms with van der Waals surface area (Å²) in [6, 6.07) is 12.4. The van der Waals surface area contributed by atoms with Crippen LogP contribution in [0.1, 0.15) is 17.4 Å². The molecule has 8 heteroatoms. The van der Waals surface area contributed by atoms with E-state index < -0.39 is 0 Å². The molecule has 2 aromatic heterocycles. The van der Waals surface area contributed by atoms with Gasteiger partial charge in [-0.15, -0.1) is 16.4 Å². The fraction of sp³-hybridized carbons (Fsp3) is 0.294. The molecule has 6 nitrogen and oxygen atoms in total. The highest BCUT2D eigenvalue weighted by Gasteiger charge is 2.30. The Labute approximate surface area is 153 Å². The molecule has 128 valence electrons. The zero-order valence-electron chi connectivity index (χ0n) is 13.7. The first-order chi connectivity index (χ1) is 12.2. The van der Waals surface area contributed by atoms with Gasteiger partial charge in [-0.1, -0.05) is 36.0 Å². The van der Waals surface area contributed by atoms with Gasteiger partial charge in [0, 0.05) is 16.6 Å². The molecule has 1 amide bonds. The lowest BCUT2D eigenvalue weighted by molar-refractivity contribution is -0.116. The molecule has 0 radical (unpaired) electrons. The van der Waals surface area contributed by atoms with Gasteiger partial charge >= 0.3 is 0 Å². The van der Waals surface area contributed by atoms with Crippen LogP contribution in [0, 0.1) is 0 Å². The van der Waals surface area contributed by atoms with E-state index in [1.165, 1.54) is 22.2 Å². The highest BCUT2D eigenvalue weighted by atomic mass is 32.2. The number of carbonyl (C=O) groups excluding carboxylic acids is 1. The quantitative estimate of drug-likeness (QED) is 0.645. The van der Waals surface area contributed by atoms with Gasteiger partial charge in [-0.25, -0.2) is 4.68 Å². The predicted molar refractivity (Wildman–Crippen MR) is 99.1 cm³/mol. The number of aromatic nitrogens is 4. The molecule has 0 N–H and O–H groups in total. The number of hydrogen-bond acceptors (Lipinski definition) is 6. The first-order valence-electron chi connectivity index (χ1n) is 8.03. The Kier molecular flexibility index (Phi) is 4.54. The third-order valence-electron chi connectivity index (χ3n) is 4.19. The second-order valence-electron chi connectivity index (χ2n) is 5.93. The molecule has 0 spiro atoms. The van der Waals surface area contributed by atoms with Crippen molar-refractivity contribution in [1.29, 1.82) is 0 Å². The number of benzene rings is 1. The molecule has 0 unspecified atom stereocenters. The molecule has 0 bridgehead atoms. The lowest BCUT2D eigenvalue weighted by Crippen LogP contribution is -2.37. The van der Waals surface area contributed by atoms with Crippen molar-refractivity contribution < 1.29 is 4.79 Å². The molecule has 0 saturated carbocycles. The minimum atomic E-state index is 0.0909. The van der Waals surface area contributed by atoms with Gasteiger partial charge in [0.1, 0.15) is 0 Å². The van der Waals surface area contributed by atoms with E-state index in [4.69, 9.17) is 0 Å². The average Bonchev–Trinajstić information content (AvgIpc) is 3.33. The van der Waals surface area contributed by atoms with Gasteiger partial charge in [0.05, 0.1) is 12.3 Å². The van der Waals surface area contributed by atoms with Crippen molar-refractivity contribution in [2.24, 2.45) is 0 Å². The summed E-state index contributed by atoms with van der Waals surface area (Å²) < 4.78 is 1.74. The third-order valence-corrected chi connectivity index (χ3v) is 5.99. The van der Waals surface area contributed by atoms with E-state index in [9.17, 15) is 4.79 Å². The number of nitrogens with zero attached hydrogens (tertiary/aromatic N) is 5. The van der Waals surface area contributed by atoms with Crippen LogP contribution >= 0.6 is 23.1 Å². The van der Waals surface area contributed by atoms with Crippen LogP contribution in [0.5, 0.6) is 0 Å². The number of rotatable bonds is 5. The van der Waals surface area contributed by atoms with E-state index in [1.807, 2.05) is 34.5 Å². The van der Waals surface area contributed by atoms with E-state index in [1.54, 1.807) is 16.0 Å². The van der Waals surface area contributed by atoms with Crippen molar-refractivity contribution >= 4 is 34.7 Å². The number of tetrazole rings is 1. The van der Waals surface area contributed by atoms with Crippen LogP contribution in [0.4, 0.5) is 5.69 Å². The maximum absolute atomic E-state index is 12.8. The molecule has 25 heavy (non-hydrogen) atoms. The monoisotopic (exact) mass is 371 g/mol. The van der Waals surface area contributed by atoms with Gasteiger partial charge < -0.3 is 4.90 Å². The van der Waals surface area contributed by atoms with E-state index >= 15 is 0 Å². The summed E-state index contributed by atoms with van der Waals surface area (Å²) in [6.07, 6.45) is 0.905. The average molecular weight is 371 g/mol. The van der Waals surface area contributed by atoms with E-state index in [2.05, 4.69) is 34.6 Å². The molecule has 1 aliphatic heterocycles. The number of amides is 1. The highest BCUT2D eigenvalue weighted by Crippen LogP contribution is 2.32. The maximum atomic E-state index is 12.8. The SMILES string of the molecule is C[C@@H]1Cc2ccccc2N1C(=O)CSc1nnnn1Cc1cccs1. The second kappa shape index (κ2) is 6.97. The third kappa shape index (κ3) is 3.32. The number of fused-ring (bicyclic) bond motifs is 1. The van der Waals surface area contributed by atoms with Gasteiger partial charge in [-0.05, 0) is 46.8 Å². The first kappa shape index (κ1) is 16.3. The summed E-state index contributed by atoms with van der Waals surface area (Å²) in [5, 5.41) is 14.5. The van der Waals surface area contributed by atoms with Gasteiger partial charge in [0.15, 0.2) is 0 Å². The Morgan fingerprint density at radius 2 is 2.20 bits per heavy atom. The first-order valence-corrected chi connectivity index (χ1v) is 9.90. The number of thiophene rings is 1. The molecule has 3 aromatic rings. The number of carbonyl (C=O) groups is 1. The fourth-order valence-electron chi connectivity index (χ4n) is 3.09. The summed E-state index contributed by atoms with van der Waals surface area (Å²) in [4.78, 5) is 15.9. The number of anilines is 1. The van der Waals surface area contributed by atoms with Crippen molar-refractivity contribution in [3.05, 3.63) is 52.2 Å². The van der Waals surface area contributed by atoms with E-state index in [0.717, 1.165) is 12.1 Å². The molecule has 1 aromatic carbocycles. The van der Waals surface area contributed by atoms with Crippen LogP contribution in [0.25, 0.3) is 0 Å². The molecule has 0 saturated heterocycles. The lowest BCUT2D eigenvalue weighted by Gasteiger charge is -2.22. The van der Waals surface area contributed by atoms with Gasteiger partial charge in [-0.3, -0.25) is 4.79 Å². The molecule has 0 aliphatic carbocycles. The summed E-state index contributed by atoms with van der Waals surface area (Å²) >= 11 is 3.05. The van der Waals surface area contributed by atoms with Gasteiger partial charge in [-0.2, -0.15) is 0 Å². The van der Waals surface area contributed by atoms with Crippen LogP contribution in [-0.2, 0) is 17.8 Å². The number of hydrogen-bond donors (Lipinski definition) is 0. The minimum Gasteiger partial charge on any atom is -0.308 e. The molecular weight excluding hydrogens is 354 g/mol. The van der Waals surface area contributed by atoms with Crippen molar-refractivity contribution in [3.8, 4) is 0 Å². The molecule has 1 aliphatic rings. The van der Waals surface area contributed by atoms with Crippen LogP contribution in [0.15, 0.2) is 46.9 Å². The van der Waals surface area contributed by atoms with Crippen LogP contribution in [0.3, 0.4) is 0 Å². The van der Waals surface area contributed by atoms with Crippen molar-refractivity contribution in [1.82, 2.24) is 20.2 Å². The van der Waals surface area contributed by atoms with Crippen molar-refractivity contribution in [2.45, 2.75) is 31.1 Å². The Hall–Kier alpha value is -2.19. The smallest absolute Gasteiger partial charge is 0.237 e. The topological polar surface area (TPSA) is 63.9 Å². The Balaban J connectivity index is 1.44.